The van der Waals surface area contributed by atoms with Crippen molar-refractivity contribution in [2.75, 3.05) is 13.1 Å². The number of aliphatic carboxylic acids is 1. The Labute approximate surface area is 124 Å². The minimum absolute atomic E-state index is 0.130. The predicted molar refractivity (Wildman–Crippen MR) is 78.6 cm³/mol. The van der Waals surface area contributed by atoms with E-state index < -0.39 is 11.6 Å². The summed E-state index contributed by atoms with van der Waals surface area (Å²) in [7, 11) is 0. The molecule has 1 atom stereocenters. The summed E-state index contributed by atoms with van der Waals surface area (Å²) >= 11 is 1.46. The van der Waals surface area contributed by atoms with Crippen LogP contribution in [0.1, 0.15) is 22.3 Å². The summed E-state index contributed by atoms with van der Waals surface area (Å²) in [6, 6.07) is 5.80. The largest absolute Gasteiger partial charge is 0.479 e. The number of rotatable bonds is 2. The molecule has 0 bridgehead atoms. The van der Waals surface area contributed by atoms with Gasteiger partial charge in [0.1, 0.15) is 0 Å². The predicted octanol–water partition coefficient (Wildman–Crippen LogP) is 2.85. The minimum Gasteiger partial charge on any atom is -0.479 e. The third-order valence-electron chi connectivity index (χ3n) is 3.85. The fourth-order valence-electron chi connectivity index (χ4n) is 2.59. The Bertz CT molecular complexity index is 742. The topological polar surface area (TPSA) is 57.6 Å². The molecule has 0 aliphatic carbocycles. The Hall–Kier alpha value is -1.95. The summed E-state index contributed by atoms with van der Waals surface area (Å²) < 4.78 is 15.1. The van der Waals surface area contributed by atoms with Crippen molar-refractivity contribution in [3.05, 3.63) is 34.7 Å². The van der Waals surface area contributed by atoms with Crippen LogP contribution in [0.15, 0.2) is 23.6 Å². The SMILES string of the molecule is Cc1ccc2c(C(=O)N3CCC(F)(C(=O)O)C3)csc2c1. The van der Waals surface area contributed by atoms with E-state index in [0.717, 1.165) is 15.6 Å². The number of aryl methyl sites for hydroxylation is 1. The zero-order valence-electron chi connectivity index (χ0n) is 11.4. The molecule has 1 amide bonds. The Morgan fingerprint density at radius 3 is 2.86 bits per heavy atom. The van der Waals surface area contributed by atoms with Crippen molar-refractivity contribution < 1.29 is 19.1 Å². The van der Waals surface area contributed by atoms with Crippen LogP contribution in [-0.4, -0.2) is 40.6 Å². The lowest BCUT2D eigenvalue weighted by Crippen LogP contribution is -2.38. The van der Waals surface area contributed by atoms with E-state index in [9.17, 15) is 14.0 Å². The van der Waals surface area contributed by atoms with Crippen LogP contribution < -0.4 is 0 Å². The first-order chi connectivity index (χ1) is 9.90. The van der Waals surface area contributed by atoms with Gasteiger partial charge in [-0.1, -0.05) is 12.1 Å². The van der Waals surface area contributed by atoms with E-state index in [2.05, 4.69) is 0 Å². The standard InChI is InChI=1S/C15H14FNO3S/c1-9-2-3-10-11(7-21-12(10)6-9)13(18)17-5-4-15(16,8-17)14(19)20/h2-3,6-7H,4-5,8H2,1H3,(H,19,20). The number of hydrogen-bond acceptors (Lipinski definition) is 3. The molecular formula is C15H14FNO3S. The first-order valence-corrected chi connectivity index (χ1v) is 7.48. The number of nitrogens with zero attached hydrogens (tertiary/aromatic N) is 1. The molecule has 1 aliphatic rings. The van der Waals surface area contributed by atoms with Gasteiger partial charge >= 0.3 is 5.97 Å². The molecule has 4 nitrogen and oxygen atoms in total. The average molecular weight is 307 g/mol. The summed E-state index contributed by atoms with van der Waals surface area (Å²) in [5, 5.41) is 11.5. The Kier molecular flexibility index (Phi) is 3.20. The van der Waals surface area contributed by atoms with Gasteiger partial charge in [0, 0.05) is 28.4 Å². The molecule has 1 N–H and O–H groups in total. The molecule has 6 heteroatoms. The number of amides is 1. The number of carboxylic acid groups (broad SMARTS) is 1. The lowest BCUT2D eigenvalue weighted by molar-refractivity contribution is -0.149. The van der Waals surface area contributed by atoms with E-state index in [1.165, 1.54) is 16.2 Å². The molecule has 1 fully saturated rings. The summed E-state index contributed by atoms with van der Waals surface area (Å²) in [5.74, 6) is -1.80. The second-order valence-electron chi connectivity index (χ2n) is 5.40. The first kappa shape index (κ1) is 14.0. The van der Waals surface area contributed by atoms with Crippen LogP contribution >= 0.6 is 11.3 Å². The average Bonchev–Trinajstić information content (AvgIpc) is 3.02. The zero-order valence-corrected chi connectivity index (χ0v) is 12.2. The lowest BCUT2D eigenvalue weighted by atomic mass is 10.1. The molecule has 1 aromatic carbocycles. The van der Waals surface area contributed by atoms with E-state index in [1.807, 2.05) is 25.1 Å². The van der Waals surface area contributed by atoms with Crippen molar-refractivity contribution in [3.63, 3.8) is 0 Å². The number of carboxylic acids is 1. The number of benzene rings is 1. The van der Waals surface area contributed by atoms with Crippen LogP contribution in [0.3, 0.4) is 0 Å². The van der Waals surface area contributed by atoms with E-state index >= 15 is 0 Å². The van der Waals surface area contributed by atoms with Crippen LogP contribution in [0.25, 0.3) is 10.1 Å². The first-order valence-electron chi connectivity index (χ1n) is 6.60. The highest BCUT2D eigenvalue weighted by atomic mass is 32.1. The van der Waals surface area contributed by atoms with Crippen molar-refractivity contribution in [1.82, 2.24) is 4.90 Å². The molecule has 21 heavy (non-hydrogen) atoms. The molecule has 0 spiro atoms. The maximum atomic E-state index is 14.1. The molecule has 3 rings (SSSR count). The van der Waals surface area contributed by atoms with Gasteiger partial charge in [0.15, 0.2) is 0 Å². The molecule has 2 heterocycles. The number of alkyl halides is 1. The number of fused-ring (bicyclic) bond motifs is 1. The number of carbonyl (C=O) groups excluding carboxylic acids is 1. The van der Waals surface area contributed by atoms with Gasteiger partial charge in [-0.2, -0.15) is 0 Å². The molecule has 1 aromatic heterocycles. The van der Waals surface area contributed by atoms with E-state index in [0.29, 0.717) is 5.56 Å². The highest BCUT2D eigenvalue weighted by Gasteiger charge is 2.47. The van der Waals surface area contributed by atoms with Gasteiger partial charge in [0.25, 0.3) is 5.91 Å². The lowest BCUT2D eigenvalue weighted by Gasteiger charge is -2.17. The van der Waals surface area contributed by atoms with Crippen molar-refractivity contribution in [1.29, 1.82) is 0 Å². The third-order valence-corrected chi connectivity index (χ3v) is 4.80. The van der Waals surface area contributed by atoms with E-state index in [1.54, 1.807) is 5.38 Å². The molecule has 0 radical (unpaired) electrons. The van der Waals surface area contributed by atoms with Crippen molar-refractivity contribution in [3.8, 4) is 0 Å². The van der Waals surface area contributed by atoms with Gasteiger partial charge in [-0.25, -0.2) is 9.18 Å². The Morgan fingerprint density at radius 1 is 1.43 bits per heavy atom. The van der Waals surface area contributed by atoms with Crippen molar-refractivity contribution in [2.24, 2.45) is 0 Å². The van der Waals surface area contributed by atoms with Gasteiger partial charge in [-0.3, -0.25) is 4.79 Å². The molecule has 2 aromatic rings. The zero-order chi connectivity index (χ0) is 15.2. The van der Waals surface area contributed by atoms with Crippen molar-refractivity contribution >= 4 is 33.3 Å². The van der Waals surface area contributed by atoms with Crippen LogP contribution in [0.2, 0.25) is 0 Å². The maximum absolute atomic E-state index is 14.1. The molecule has 0 saturated carbocycles. The number of thiophene rings is 1. The highest BCUT2D eigenvalue weighted by molar-refractivity contribution is 7.17. The molecular weight excluding hydrogens is 293 g/mol. The number of halogens is 1. The van der Waals surface area contributed by atoms with Gasteiger partial charge < -0.3 is 10.0 Å². The van der Waals surface area contributed by atoms with Gasteiger partial charge in [0.05, 0.1) is 12.1 Å². The number of carbonyl (C=O) groups is 2. The van der Waals surface area contributed by atoms with E-state index in [-0.39, 0.29) is 25.4 Å². The smallest absolute Gasteiger partial charge is 0.343 e. The van der Waals surface area contributed by atoms with Crippen LogP contribution in [-0.2, 0) is 4.79 Å². The summed E-state index contributed by atoms with van der Waals surface area (Å²) in [5.41, 5.74) is -0.694. The van der Waals surface area contributed by atoms with Crippen molar-refractivity contribution in [2.45, 2.75) is 19.0 Å². The third kappa shape index (κ3) is 2.29. The second kappa shape index (κ2) is 4.80. The van der Waals surface area contributed by atoms with E-state index in [4.69, 9.17) is 5.11 Å². The fraction of sp³-hybridized carbons (Fsp3) is 0.333. The molecule has 1 unspecified atom stereocenters. The Morgan fingerprint density at radius 2 is 2.19 bits per heavy atom. The van der Waals surface area contributed by atoms with Gasteiger partial charge in [-0.15, -0.1) is 11.3 Å². The number of hydrogen-bond donors (Lipinski definition) is 1. The maximum Gasteiger partial charge on any atom is 0.343 e. The summed E-state index contributed by atoms with van der Waals surface area (Å²) in [6.07, 6.45) is -0.157. The summed E-state index contributed by atoms with van der Waals surface area (Å²) in [6.45, 7) is 1.72. The van der Waals surface area contributed by atoms with Crippen LogP contribution in [0, 0.1) is 6.92 Å². The molecule has 1 saturated heterocycles. The molecule has 1 aliphatic heterocycles. The second-order valence-corrected chi connectivity index (χ2v) is 6.31. The monoisotopic (exact) mass is 307 g/mol. The highest BCUT2D eigenvalue weighted by Crippen LogP contribution is 2.31. The van der Waals surface area contributed by atoms with Gasteiger partial charge in [-0.05, 0) is 18.6 Å². The normalized spacial score (nSPS) is 21.9. The summed E-state index contributed by atoms with van der Waals surface area (Å²) in [4.78, 5) is 24.7. The number of likely N-dealkylation sites (tertiary alicyclic amines) is 1. The fourth-order valence-corrected chi connectivity index (χ4v) is 3.62. The quantitative estimate of drug-likeness (QED) is 0.928. The van der Waals surface area contributed by atoms with Crippen LogP contribution in [0.5, 0.6) is 0 Å². The van der Waals surface area contributed by atoms with Gasteiger partial charge in [0.2, 0.25) is 5.67 Å². The van der Waals surface area contributed by atoms with Crippen LogP contribution in [0.4, 0.5) is 4.39 Å². The minimum atomic E-state index is -2.32. The molecule has 110 valence electrons. The Balaban J connectivity index is 1.90.